The van der Waals surface area contributed by atoms with E-state index in [0.29, 0.717) is 0 Å². The Hall–Kier alpha value is -3.40. The molecule has 0 unspecified atom stereocenters. The molecule has 2 aliphatic rings. The van der Waals surface area contributed by atoms with Crippen LogP contribution in [0.4, 0.5) is 0 Å². The Bertz CT molecular complexity index is 978. The number of fused-ring (bicyclic) bond motifs is 10. The van der Waals surface area contributed by atoms with Gasteiger partial charge in [0.2, 0.25) is 0 Å². The number of hydrogen-bond donors (Lipinski definition) is 0. The molecule has 0 N–H and O–H groups in total. The van der Waals surface area contributed by atoms with Crippen LogP contribution >= 0.6 is 0 Å². The molecule has 116 valence electrons. The minimum atomic E-state index is -0.514. The standard InChI is InChI=1S/C21H16N4/c1-5-13-22-17(9-1)18-10-2-6-14-23(18)21(22)24-15-7-3-11-19(24)20-12-4-8-16-25(20)21/h1-16H/q+4. The van der Waals surface area contributed by atoms with Crippen LogP contribution in [-0.2, 0) is 5.91 Å². The van der Waals surface area contributed by atoms with Crippen LogP contribution in [0.15, 0.2) is 97.6 Å². The fourth-order valence-electron chi connectivity index (χ4n) is 4.35. The lowest BCUT2D eigenvalue weighted by atomic mass is 10.2. The Kier molecular flexibility index (Phi) is 2.26. The zero-order valence-corrected chi connectivity index (χ0v) is 13.5. The summed E-state index contributed by atoms with van der Waals surface area (Å²) >= 11 is 0. The van der Waals surface area contributed by atoms with Crippen LogP contribution in [0.1, 0.15) is 0 Å². The van der Waals surface area contributed by atoms with Crippen LogP contribution in [0.2, 0.25) is 0 Å². The monoisotopic (exact) mass is 324 g/mol. The van der Waals surface area contributed by atoms with Gasteiger partial charge in [-0.15, -0.1) is 0 Å². The zero-order valence-electron chi connectivity index (χ0n) is 13.5. The molecule has 0 amide bonds. The summed E-state index contributed by atoms with van der Waals surface area (Å²) in [6.45, 7) is 0. The average Bonchev–Trinajstić information content (AvgIpc) is 3.16. The molecule has 0 aliphatic carbocycles. The minimum Gasteiger partial charge on any atom is -0.0494 e. The van der Waals surface area contributed by atoms with Gasteiger partial charge < -0.3 is 0 Å². The lowest BCUT2D eigenvalue weighted by Crippen LogP contribution is -2.93. The first-order valence-corrected chi connectivity index (χ1v) is 8.48. The van der Waals surface area contributed by atoms with Crippen LogP contribution in [-0.4, -0.2) is 0 Å². The number of nitrogens with zero attached hydrogens (tertiary/aromatic N) is 4. The molecule has 0 atom stereocenters. The Morgan fingerprint density at radius 2 is 0.680 bits per heavy atom. The van der Waals surface area contributed by atoms with Crippen molar-refractivity contribution in [2.45, 2.75) is 5.91 Å². The molecule has 2 aliphatic heterocycles. The van der Waals surface area contributed by atoms with Crippen LogP contribution in [0.25, 0.3) is 22.8 Å². The first-order valence-electron chi connectivity index (χ1n) is 8.48. The van der Waals surface area contributed by atoms with E-state index in [1.165, 1.54) is 22.8 Å². The second-order valence-corrected chi connectivity index (χ2v) is 6.42. The number of hydrogen-bond acceptors (Lipinski definition) is 0. The van der Waals surface area contributed by atoms with Gasteiger partial charge in [-0.3, -0.25) is 0 Å². The zero-order chi connectivity index (χ0) is 16.4. The molecule has 6 rings (SSSR count). The van der Waals surface area contributed by atoms with Crippen molar-refractivity contribution >= 4 is 0 Å². The molecule has 0 radical (unpaired) electrons. The maximum absolute atomic E-state index is 2.35. The summed E-state index contributed by atoms with van der Waals surface area (Å²) in [5.74, 6) is -0.514. The van der Waals surface area contributed by atoms with Gasteiger partial charge in [-0.2, -0.15) is 0 Å². The molecule has 1 spiro atoms. The molecular weight excluding hydrogens is 308 g/mol. The lowest BCUT2D eigenvalue weighted by Gasteiger charge is -2.03. The SMILES string of the molecule is c1cc[n+]2c(c1)-c1cccc[n+]1C21[n+]2ccccc2-c2cccc[n+]21. The smallest absolute Gasteiger partial charge is 0.0494 e. The first-order chi connectivity index (χ1) is 12.4. The third-order valence-electron chi connectivity index (χ3n) is 5.26. The quantitative estimate of drug-likeness (QED) is 0.371. The number of pyridine rings is 4. The van der Waals surface area contributed by atoms with Gasteiger partial charge in [0, 0.05) is 66.8 Å². The third-order valence-corrected chi connectivity index (χ3v) is 5.26. The number of aromatic nitrogens is 4. The van der Waals surface area contributed by atoms with E-state index in [9.17, 15) is 0 Å². The molecule has 0 saturated heterocycles. The second-order valence-electron chi connectivity index (χ2n) is 6.42. The molecule has 0 aromatic carbocycles. The highest BCUT2D eigenvalue weighted by molar-refractivity contribution is 5.49. The highest BCUT2D eigenvalue weighted by Crippen LogP contribution is 2.26. The van der Waals surface area contributed by atoms with Crippen molar-refractivity contribution in [3.63, 3.8) is 0 Å². The van der Waals surface area contributed by atoms with Gasteiger partial charge in [-0.05, 0) is 24.3 Å². The van der Waals surface area contributed by atoms with Crippen LogP contribution < -0.4 is 18.3 Å². The van der Waals surface area contributed by atoms with Gasteiger partial charge in [0.1, 0.15) is 0 Å². The van der Waals surface area contributed by atoms with E-state index in [1.807, 2.05) is 0 Å². The third kappa shape index (κ3) is 1.35. The Labute approximate surface area is 145 Å². The van der Waals surface area contributed by atoms with Gasteiger partial charge in [-0.1, -0.05) is 0 Å². The first kappa shape index (κ1) is 13.0. The van der Waals surface area contributed by atoms with Crippen molar-refractivity contribution in [1.29, 1.82) is 0 Å². The summed E-state index contributed by atoms with van der Waals surface area (Å²) in [6.07, 6.45) is 8.67. The van der Waals surface area contributed by atoms with E-state index in [4.69, 9.17) is 0 Å². The molecule has 4 nitrogen and oxygen atoms in total. The van der Waals surface area contributed by atoms with Gasteiger partial charge in [0.25, 0.3) is 22.8 Å². The molecule has 0 bridgehead atoms. The predicted octanol–water partition coefficient (Wildman–Crippen LogP) is 1.01. The van der Waals surface area contributed by atoms with Gasteiger partial charge in [-0.25, -0.2) is 0 Å². The molecule has 25 heavy (non-hydrogen) atoms. The van der Waals surface area contributed by atoms with Crippen molar-refractivity contribution in [3.05, 3.63) is 97.6 Å². The lowest BCUT2D eigenvalue weighted by molar-refractivity contribution is -1.29. The average molecular weight is 324 g/mol. The van der Waals surface area contributed by atoms with E-state index in [1.54, 1.807) is 0 Å². The molecule has 4 aromatic rings. The predicted molar refractivity (Wildman–Crippen MR) is 88.7 cm³/mol. The highest BCUT2D eigenvalue weighted by atomic mass is 15.6. The minimum absolute atomic E-state index is 0.514. The van der Waals surface area contributed by atoms with E-state index in [0.717, 1.165) is 0 Å². The van der Waals surface area contributed by atoms with Gasteiger partial charge >= 0.3 is 5.91 Å². The van der Waals surface area contributed by atoms with Crippen molar-refractivity contribution < 1.29 is 18.3 Å². The van der Waals surface area contributed by atoms with Crippen molar-refractivity contribution in [1.82, 2.24) is 0 Å². The van der Waals surface area contributed by atoms with Crippen molar-refractivity contribution in [2.75, 3.05) is 0 Å². The Morgan fingerprint density at radius 1 is 0.400 bits per heavy atom. The summed E-state index contributed by atoms with van der Waals surface area (Å²) in [5, 5.41) is 0. The molecule has 4 heteroatoms. The van der Waals surface area contributed by atoms with Gasteiger partial charge in [0.05, 0.1) is 0 Å². The van der Waals surface area contributed by atoms with Crippen LogP contribution in [0, 0.1) is 0 Å². The van der Waals surface area contributed by atoms with Gasteiger partial charge in [0.15, 0.2) is 24.8 Å². The normalized spacial score (nSPS) is 14.7. The maximum Gasteiger partial charge on any atom is 0.770 e. The van der Waals surface area contributed by atoms with E-state index >= 15 is 0 Å². The van der Waals surface area contributed by atoms with E-state index in [2.05, 4.69) is 116 Å². The van der Waals surface area contributed by atoms with E-state index in [-0.39, 0.29) is 0 Å². The second kappa shape index (κ2) is 4.36. The largest absolute Gasteiger partial charge is 0.770 e. The fourth-order valence-corrected chi connectivity index (χ4v) is 4.35. The summed E-state index contributed by atoms with van der Waals surface area (Å²) in [7, 11) is 0. The van der Waals surface area contributed by atoms with Crippen LogP contribution in [0.5, 0.6) is 0 Å². The van der Waals surface area contributed by atoms with E-state index < -0.39 is 5.91 Å². The van der Waals surface area contributed by atoms with Crippen LogP contribution in [0.3, 0.4) is 0 Å². The molecule has 6 heterocycles. The molecular formula is C21H16N4+4. The van der Waals surface area contributed by atoms with Crippen molar-refractivity contribution in [3.8, 4) is 22.8 Å². The summed E-state index contributed by atoms with van der Waals surface area (Å²) in [4.78, 5) is 0. The summed E-state index contributed by atoms with van der Waals surface area (Å²) < 4.78 is 9.40. The Morgan fingerprint density at radius 3 is 0.960 bits per heavy atom. The maximum atomic E-state index is 2.35. The Balaban J connectivity index is 1.89. The summed E-state index contributed by atoms with van der Waals surface area (Å²) in [6, 6.07) is 25.5. The molecule has 0 fully saturated rings. The van der Waals surface area contributed by atoms with Crippen molar-refractivity contribution in [2.24, 2.45) is 0 Å². The summed E-state index contributed by atoms with van der Waals surface area (Å²) in [5.41, 5.74) is 4.81. The topological polar surface area (TPSA) is 15.5 Å². The highest BCUT2D eigenvalue weighted by Gasteiger charge is 2.81. The molecule has 0 saturated carbocycles. The molecule has 4 aromatic heterocycles. The number of rotatable bonds is 0. The fraction of sp³-hybridized carbons (Fsp3) is 0.0476.